The first kappa shape index (κ1) is 24.4. The monoisotopic (exact) mass is 536 g/mol. The van der Waals surface area contributed by atoms with Crippen molar-refractivity contribution in [1.82, 2.24) is 19.3 Å². The summed E-state index contributed by atoms with van der Waals surface area (Å²) >= 11 is 1.09. The number of nitrogen functional groups attached to an aromatic ring is 1. The van der Waals surface area contributed by atoms with Crippen LogP contribution < -0.4 is 16.2 Å². The van der Waals surface area contributed by atoms with Crippen LogP contribution in [0.4, 0.5) is 11.6 Å². The standard InChI is InChI=1S/C25H24N6O6S/c1-12(32)37-25(8-3-9-25)15-4-2-5-16(28-15)31-10-11-36-19(24(31)35)18(33)22-27-14-7-6-13-20(38-30-21(13)26)17(14)23(34)29-22/h2,4-7,18-19,33H,3,8-11H2,1H3,(H2,26,30)(H,27,29,34). The van der Waals surface area contributed by atoms with Gasteiger partial charge >= 0.3 is 5.97 Å². The Morgan fingerprint density at radius 2 is 2.11 bits per heavy atom. The molecule has 0 bridgehead atoms. The van der Waals surface area contributed by atoms with Crippen molar-refractivity contribution in [3.05, 3.63) is 52.2 Å². The summed E-state index contributed by atoms with van der Waals surface area (Å²) in [5.41, 5.74) is 5.51. The van der Waals surface area contributed by atoms with Gasteiger partial charge in [0.1, 0.15) is 23.6 Å². The van der Waals surface area contributed by atoms with Crippen LogP contribution in [0.3, 0.4) is 0 Å². The average molecular weight is 537 g/mol. The molecule has 4 heterocycles. The number of amides is 1. The number of morpholine rings is 1. The molecular formula is C25H24N6O6S. The lowest BCUT2D eigenvalue weighted by atomic mass is 9.77. The predicted molar refractivity (Wildman–Crippen MR) is 139 cm³/mol. The minimum absolute atomic E-state index is 0.0930. The van der Waals surface area contributed by atoms with Crippen molar-refractivity contribution in [2.24, 2.45) is 0 Å². The van der Waals surface area contributed by atoms with Crippen LogP contribution in [0, 0.1) is 0 Å². The number of aromatic amines is 1. The maximum atomic E-state index is 13.5. The Bertz CT molecular complexity index is 1650. The molecule has 13 heteroatoms. The lowest BCUT2D eigenvalue weighted by Crippen LogP contribution is -2.51. The van der Waals surface area contributed by atoms with Gasteiger partial charge in [-0.2, -0.15) is 4.37 Å². The Kier molecular flexibility index (Phi) is 5.85. The quantitative estimate of drug-likeness (QED) is 0.320. The van der Waals surface area contributed by atoms with Crippen LogP contribution in [0.5, 0.6) is 0 Å². The Morgan fingerprint density at radius 3 is 2.84 bits per heavy atom. The van der Waals surface area contributed by atoms with E-state index < -0.39 is 29.3 Å². The summed E-state index contributed by atoms with van der Waals surface area (Å²) in [6.07, 6.45) is -0.635. The molecule has 1 aliphatic heterocycles. The Morgan fingerprint density at radius 1 is 1.29 bits per heavy atom. The third-order valence-electron chi connectivity index (χ3n) is 7.02. The molecule has 0 spiro atoms. The van der Waals surface area contributed by atoms with Crippen LogP contribution in [0.15, 0.2) is 35.1 Å². The van der Waals surface area contributed by atoms with Gasteiger partial charge in [0, 0.05) is 12.3 Å². The van der Waals surface area contributed by atoms with Crippen LogP contribution in [0.1, 0.15) is 43.8 Å². The van der Waals surface area contributed by atoms with E-state index in [-0.39, 0.29) is 24.9 Å². The first-order chi connectivity index (χ1) is 18.3. The number of aliphatic hydroxyl groups is 1. The molecule has 1 aliphatic carbocycles. The van der Waals surface area contributed by atoms with Gasteiger partial charge in [0.2, 0.25) is 0 Å². The molecule has 1 amide bonds. The molecule has 4 aromatic rings. The first-order valence-corrected chi connectivity index (χ1v) is 12.9. The van der Waals surface area contributed by atoms with Crippen LogP contribution in [-0.4, -0.2) is 55.6 Å². The van der Waals surface area contributed by atoms with E-state index in [4.69, 9.17) is 15.2 Å². The molecule has 196 valence electrons. The second-order valence-electron chi connectivity index (χ2n) is 9.40. The number of hydrogen-bond acceptors (Lipinski definition) is 11. The number of nitrogens with two attached hydrogens (primary N) is 1. The van der Waals surface area contributed by atoms with Gasteiger partial charge in [-0.1, -0.05) is 6.07 Å². The van der Waals surface area contributed by atoms with Crippen molar-refractivity contribution in [3.63, 3.8) is 0 Å². The van der Waals surface area contributed by atoms with E-state index in [1.807, 2.05) is 0 Å². The molecule has 2 aliphatic rings. The van der Waals surface area contributed by atoms with Crippen molar-refractivity contribution in [2.45, 2.75) is 44.0 Å². The highest BCUT2D eigenvalue weighted by atomic mass is 32.1. The van der Waals surface area contributed by atoms with Gasteiger partial charge in [-0.05, 0) is 55.1 Å². The maximum absolute atomic E-state index is 13.5. The van der Waals surface area contributed by atoms with Crippen molar-refractivity contribution in [1.29, 1.82) is 0 Å². The number of carbonyl (C=O) groups is 2. The number of benzene rings is 1. The van der Waals surface area contributed by atoms with Crippen molar-refractivity contribution < 1.29 is 24.2 Å². The molecule has 2 atom stereocenters. The van der Waals surface area contributed by atoms with Crippen molar-refractivity contribution in [2.75, 3.05) is 23.8 Å². The summed E-state index contributed by atoms with van der Waals surface area (Å²) in [6.45, 7) is 1.71. The second-order valence-corrected chi connectivity index (χ2v) is 10.2. The fraction of sp³-hybridized carbons (Fsp3) is 0.360. The summed E-state index contributed by atoms with van der Waals surface area (Å²) in [5.74, 6) is -0.331. The number of carbonyl (C=O) groups excluding carboxylic acids is 2. The normalized spacial score (nSPS) is 19.9. The number of anilines is 2. The zero-order valence-electron chi connectivity index (χ0n) is 20.3. The van der Waals surface area contributed by atoms with E-state index >= 15 is 0 Å². The molecule has 1 saturated heterocycles. The number of nitrogens with one attached hydrogen (secondary N) is 1. The highest BCUT2D eigenvalue weighted by molar-refractivity contribution is 7.14. The zero-order valence-corrected chi connectivity index (χ0v) is 21.2. The molecule has 12 nitrogen and oxygen atoms in total. The number of nitrogens with zero attached hydrogens (tertiary/aromatic N) is 4. The van der Waals surface area contributed by atoms with Gasteiger partial charge < -0.3 is 25.3 Å². The van der Waals surface area contributed by atoms with Gasteiger partial charge in [0.05, 0.1) is 34.4 Å². The fourth-order valence-corrected chi connectivity index (χ4v) is 5.86. The highest BCUT2D eigenvalue weighted by Crippen LogP contribution is 2.44. The number of pyridine rings is 1. The van der Waals surface area contributed by atoms with Crippen molar-refractivity contribution in [3.8, 4) is 0 Å². The lowest BCUT2D eigenvalue weighted by Gasteiger charge is -2.40. The number of ether oxygens (including phenoxy) is 2. The van der Waals surface area contributed by atoms with Crippen LogP contribution in [0.25, 0.3) is 21.0 Å². The van der Waals surface area contributed by atoms with E-state index in [1.54, 1.807) is 30.3 Å². The SMILES string of the molecule is CC(=O)OC1(c2cccc(N3CCOC(C(O)c4nc5ccc6c(N)nsc6c5c(=O)[nH]4)C3=O)n2)CCC1. The summed E-state index contributed by atoms with van der Waals surface area (Å²) in [5, 5.41) is 12.1. The zero-order chi connectivity index (χ0) is 26.6. The molecular weight excluding hydrogens is 512 g/mol. The largest absolute Gasteiger partial charge is 0.453 e. The Hall–Kier alpha value is -3.94. The van der Waals surface area contributed by atoms with Gasteiger partial charge in [0.15, 0.2) is 11.7 Å². The second kappa shape index (κ2) is 9.11. The van der Waals surface area contributed by atoms with Crippen LogP contribution in [-0.2, 0) is 24.7 Å². The summed E-state index contributed by atoms with van der Waals surface area (Å²) in [6, 6.07) is 8.55. The molecule has 0 radical (unpaired) electrons. The lowest BCUT2D eigenvalue weighted by molar-refractivity contribution is -0.169. The number of esters is 1. The summed E-state index contributed by atoms with van der Waals surface area (Å²) in [4.78, 5) is 51.2. The average Bonchev–Trinajstić information content (AvgIpc) is 3.26. The Balaban J connectivity index is 1.30. The number of H-pyrrole nitrogens is 1. The number of aromatic nitrogens is 4. The van der Waals surface area contributed by atoms with Crippen LogP contribution >= 0.6 is 11.5 Å². The molecule has 2 unspecified atom stereocenters. The van der Waals surface area contributed by atoms with Gasteiger partial charge in [-0.15, -0.1) is 0 Å². The maximum Gasteiger partial charge on any atom is 0.303 e. The minimum atomic E-state index is -1.54. The topological polar surface area (TPSA) is 174 Å². The number of fused-ring (bicyclic) bond motifs is 3. The van der Waals surface area contributed by atoms with Crippen molar-refractivity contribution >= 4 is 56.0 Å². The highest BCUT2D eigenvalue weighted by Gasteiger charge is 2.44. The van der Waals surface area contributed by atoms with E-state index in [2.05, 4.69) is 19.3 Å². The number of hydrogen-bond donors (Lipinski definition) is 3. The van der Waals surface area contributed by atoms with Gasteiger partial charge in [-0.3, -0.25) is 19.3 Å². The molecule has 1 saturated carbocycles. The third kappa shape index (κ3) is 3.90. The number of aliphatic hydroxyl groups excluding tert-OH is 1. The molecule has 4 N–H and O–H groups in total. The van der Waals surface area contributed by atoms with E-state index in [1.165, 1.54) is 11.8 Å². The molecule has 1 aromatic carbocycles. The molecule has 3 aromatic heterocycles. The summed E-state index contributed by atoms with van der Waals surface area (Å²) in [7, 11) is 0. The summed E-state index contributed by atoms with van der Waals surface area (Å²) < 4.78 is 15.9. The predicted octanol–water partition coefficient (Wildman–Crippen LogP) is 1.92. The van der Waals surface area contributed by atoms with E-state index in [0.29, 0.717) is 51.2 Å². The first-order valence-electron chi connectivity index (χ1n) is 12.1. The molecule has 38 heavy (non-hydrogen) atoms. The molecule has 6 rings (SSSR count). The van der Waals surface area contributed by atoms with E-state index in [9.17, 15) is 19.5 Å². The van der Waals surface area contributed by atoms with Crippen LogP contribution in [0.2, 0.25) is 0 Å². The molecule has 2 fully saturated rings. The Labute approximate surface area is 219 Å². The fourth-order valence-electron chi connectivity index (χ4n) is 5.02. The minimum Gasteiger partial charge on any atom is -0.453 e. The van der Waals surface area contributed by atoms with Gasteiger partial charge in [0.25, 0.3) is 11.5 Å². The number of rotatable bonds is 5. The van der Waals surface area contributed by atoms with E-state index in [0.717, 1.165) is 18.0 Å². The smallest absolute Gasteiger partial charge is 0.303 e. The van der Waals surface area contributed by atoms with Gasteiger partial charge in [-0.25, -0.2) is 9.97 Å². The third-order valence-corrected chi connectivity index (χ3v) is 7.92.